The first-order valence-electron chi connectivity index (χ1n) is 8.44. The summed E-state index contributed by atoms with van der Waals surface area (Å²) in [6.07, 6.45) is 6.16. The Hall–Kier alpha value is -1.75. The van der Waals surface area contributed by atoms with Gasteiger partial charge in [-0.15, -0.1) is 0 Å². The van der Waals surface area contributed by atoms with Crippen LogP contribution in [0.2, 0.25) is 0 Å². The van der Waals surface area contributed by atoms with Crippen molar-refractivity contribution in [2.24, 2.45) is 0 Å². The van der Waals surface area contributed by atoms with Crippen molar-refractivity contribution in [2.45, 2.75) is 45.4 Å². The van der Waals surface area contributed by atoms with E-state index in [1.165, 1.54) is 19.3 Å². The van der Waals surface area contributed by atoms with Crippen LogP contribution in [0.1, 0.15) is 45.4 Å². The highest BCUT2D eigenvalue weighted by atomic mass is 16.6. The van der Waals surface area contributed by atoms with Crippen molar-refractivity contribution in [3.8, 4) is 5.75 Å². The van der Waals surface area contributed by atoms with Crippen molar-refractivity contribution in [2.75, 3.05) is 32.2 Å². The van der Waals surface area contributed by atoms with Crippen molar-refractivity contribution < 1.29 is 19.0 Å². The van der Waals surface area contributed by atoms with E-state index in [4.69, 9.17) is 19.9 Å². The molecule has 0 atom stereocenters. The molecule has 0 aliphatic heterocycles. The van der Waals surface area contributed by atoms with Crippen LogP contribution in [0.15, 0.2) is 24.3 Å². The van der Waals surface area contributed by atoms with Crippen molar-refractivity contribution in [3.05, 3.63) is 24.3 Å². The maximum absolute atomic E-state index is 11.5. The third-order valence-corrected chi connectivity index (χ3v) is 3.35. The van der Waals surface area contributed by atoms with Crippen LogP contribution in [-0.2, 0) is 14.3 Å². The molecule has 130 valence electrons. The molecule has 0 fully saturated rings. The van der Waals surface area contributed by atoms with Gasteiger partial charge < -0.3 is 19.9 Å². The summed E-state index contributed by atoms with van der Waals surface area (Å²) in [4.78, 5) is 11.5. The molecule has 0 amide bonds. The number of esters is 1. The molecule has 1 aromatic rings. The number of nitrogen functional groups attached to an aromatic ring is 1. The third kappa shape index (κ3) is 10.6. The largest absolute Gasteiger partial charge is 0.491 e. The SMILES string of the molecule is CCCCCCCC(=O)OCCOCCOc1ccc(N)cc1. The minimum absolute atomic E-state index is 0.136. The first-order valence-corrected chi connectivity index (χ1v) is 8.44. The second kappa shape index (κ2) is 12.8. The van der Waals surface area contributed by atoms with Crippen LogP contribution in [0.5, 0.6) is 5.75 Å². The number of hydrogen-bond acceptors (Lipinski definition) is 5. The number of hydrogen-bond donors (Lipinski definition) is 1. The zero-order chi connectivity index (χ0) is 16.8. The quantitative estimate of drug-likeness (QED) is 0.341. The number of carbonyl (C=O) groups is 1. The highest BCUT2D eigenvalue weighted by Crippen LogP contribution is 2.12. The van der Waals surface area contributed by atoms with Gasteiger partial charge in [-0.05, 0) is 30.7 Å². The summed E-state index contributed by atoms with van der Waals surface area (Å²) in [5.41, 5.74) is 6.30. The predicted molar refractivity (Wildman–Crippen MR) is 91.5 cm³/mol. The highest BCUT2D eigenvalue weighted by molar-refractivity contribution is 5.69. The lowest BCUT2D eigenvalue weighted by molar-refractivity contribution is -0.145. The fourth-order valence-corrected chi connectivity index (χ4v) is 2.04. The van der Waals surface area contributed by atoms with Crippen LogP contribution in [0, 0.1) is 0 Å². The molecular weight excluding hydrogens is 294 g/mol. The van der Waals surface area contributed by atoms with Crippen LogP contribution in [0.3, 0.4) is 0 Å². The number of carbonyl (C=O) groups excluding carboxylic acids is 1. The lowest BCUT2D eigenvalue weighted by Crippen LogP contribution is -2.13. The van der Waals surface area contributed by atoms with Gasteiger partial charge in [-0.2, -0.15) is 0 Å². The molecule has 0 radical (unpaired) electrons. The first kappa shape index (κ1) is 19.3. The molecule has 0 bridgehead atoms. The standard InChI is InChI=1S/C18H29NO4/c1-2-3-4-5-6-7-18(20)23-15-13-21-12-14-22-17-10-8-16(19)9-11-17/h8-11H,2-7,12-15,19H2,1H3. The summed E-state index contributed by atoms with van der Waals surface area (Å²) < 4.78 is 16.0. The molecule has 0 unspecified atom stereocenters. The van der Waals surface area contributed by atoms with E-state index in [1.54, 1.807) is 12.1 Å². The Morgan fingerprint density at radius 1 is 0.957 bits per heavy atom. The van der Waals surface area contributed by atoms with E-state index in [2.05, 4.69) is 6.92 Å². The number of benzene rings is 1. The number of unbranched alkanes of at least 4 members (excludes halogenated alkanes) is 4. The monoisotopic (exact) mass is 323 g/mol. The van der Waals surface area contributed by atoms with Gasteiger partial charge in [0.15, 0.2) is 0 Å². The zero-order valence-electron chi connectivity index (χ0n) is 14.1. The van der Waals surface area contributed by atoms with E-state index in [-0.39, 0.29) is 5.97 Å². The second-order valence-electron chi connectivity index (χ2n) is 5.41. The fourth-order valence-electron chi connectivity index (χ4n) is 2.04. The Balaban J connectivity index is 1.89. The van der Waals surface area contributed by atoms with Gasteiger partial charge in [0.2, 0.25) is 0 Å². The van der Waals surface area contributed by atoms with Gasteiger partial charge in [-0.3, -0.25) is 4.79 Å². The third-order valence-electron chi connectivity index (χ3n) is 3.35. The fraction of sp³-hybridized carbons (Fsp3) is 0.611. The van der Waals surface area contributed by atoms with Crippen LogP contribution in [-0.4, -0.2) is 32.4 Å². The van der Waals surface area contributed by atoms with E-state index >= 15 is 0 Å². The number of rotatable bonds is 13. The lowest BCUT2D eigenvalue weighted by Gasteiger charge is -2.08. The van der Waals surface area contributed by atoms with E-state index < -0.39 is 0 Å². The van der Waals surface area contributed by atoms with Crippen molar-refractivity contribution >= 4 is 11.7 Å². The maximum atomic E-state index is 11.5. The van der Waals surface area contributed by atoms with E-state index in [0.29, 0.717) is 38.5 Å². The Morgan fingerprint density at radius 3 is 2.39 bits per heavy atom. The molecule has 0 saturated heterocycles. The molecule has 0 aromatic heterocycles. The molecule has 5 heteroatoms. The number of ether oxygens (including phenoxy) is 3. The molecule has 5 nitrogen and oxygen atoms in total. The van der Waals surface area contributed by atoms with Gasteiger partial charge in [0.05, 0.1) is 13.2 Å². The molecule has 0 aliphatic rings. The highest BCUT2D eigenvalue weighted by Gasteiger charge is 2.02. The second-order valence-corrected chi connectivity index (χ2v) is 5.41. The van der Waals surface area contributed by atoms with Crippen molar-refractivity contribution in [1.29, 1.82) is 0 Å². The van der Waals surface area contributed by atoms with Gasteiger partial charge in [0.25, 0.3) is 0 Å². The van der Waals surface area contributed by atoms with E-state index in [9.17, 15) is 4.79 Å². The predicted octanol–water partition coefficient (Wildman–Crippen LogP) is 3.57. The van der Waals surface area contributed by atoms with Crippen LogP contribution >= 0.6 is 0 Å². The first-order chi connectivity index (χ1) is 11.2. The average Bonchev–Trinajstić information content (AvgIpc) is 2.55. The Morgan fingerprint density at radius 2 is 1.65 bits per heavy atom. The van der Waals surface area contributed by atoms with Gasteiger partial charge in [-0.25, -0.2) is 0 Å². The molecule has 2 N–H and O–H groups in total. The Bertz CT molecular complexity index is 420. The molecule has 0 heterocycles. The summed E-state index contributed by atoms with van der Waals surface area (Å²) in [7, 11) is 0. The molecule has 0 spiro atoms. The maximum Gasteiger partial charge on any atom is 0.305 e. The van der Waals surface area contributed by atoms with Crippen molar-refractivity contribution in [1.82, 2.24) is 0 Å². The molecule has 23 heavy (non-hydrogen) atoms. The summed E-state index contributed by atoms with van der Waals surface area (Å²) in [5, 5.41) is 0. The molecule has 1 aromatic carbocycles. The molecular formula is C18H29NO4. The minimum atomic E-state index is -0.136. The summed E-state index contributed by atoms with van der Waals surface area (Å²) >= 11 is 0. The normalized spacial score (nSPS) is 10.5. The van der Waals surface area contributed by atoms with Crippen LogP contribution in [0.4, 0.5) is 5.69 Å². The zero-order valence-corrected chi connectivity index (χ0v) is 14.1. The van der Waals surface area contributed by atoms with Crippen LogP contribution in [0.25, 0.3) is 0 Å². The Kier molecular flexibility index (Phi) is 10.7. The van der Waals surface area contributed by atoms with Gasteiger partial charge in [0, 0.05) is 12.1 Å². The Labute approximate surface area is 139 Å². The lowest BCUT2D eigenvalue weighted by atomic mass is 10.1. The van der Waals surface area contributed by atoms with Gasteiger partial charge in [-0.1, -0.05) is 32.6 Å². The number of anilines is 1. The minimum Gasteiger partial charge on any atom is -0.491 e. The number of nitrogens with two attached hydrogens (primary N) is 1. The molecule has 1 rings (SSSR count). The van der Waals surface area contributed by atoms with Crippen molar-refractivity contribution in [3.63, 3.8) is 0 Å². The van der Waals surface area contributed by atoms with E-state index in [0.717, 1.165) is 18.6 Å². The van der Waals surface area contributed by atoms with E-state index in [1.807, 2.05) is 12.1 Å². The summed E-state index contributed by atoms with van der Waals surface area (Å²) in [6, 6.07) is 7.21. The molecule has 0 saturated carbocycles. The topological polar surface area (TPSA) is 70.8 Å². The summed E-state index contributed by atoms with van der Waals surface area (Å²) in [5.74, 6) is 0.625. The molecule has 0 aliphatic carbocycles. The van der Waals surface area contributed by atoms with Crippen LogP contribution < -0.4 is 10.5 Å². The van der Waals surface area contributed by atoms with Gasteiger partial charge >= 0.3 is 5.97 Å². The van der Waals surface area contributed by atoms with Gasteiger partial charge in [0.1, 0.15) is 19.0 Å². The average molecular weight is 323 g/mol. The summed E-state index contributed by atoms with van der Waals surface area (Å²) in [6.45, 7) is 3.78. The smallest absolute Gasteiger partial charge is 0.305 e.